The maximum atomic E-state index is 10.9. The molecule has 0 aliphatic heterocycles. The van der Waals surface area contributed by atoms with E-state index in [4.69, 9.17) is 0 Å². The second kappa shape index (κ2) is 9.76. The Hall–Kier alpha value is -1.82. The van der Waals surface area contributed by atoms with Crippen LogP contribution in [0.1, 0.15) is 14.9 Å². The van der Waals surface area contributed by atoms with Gasteiger partial charge in [-0.05, 0) is 63.4 Å². The third-order valence-electron chi connectivity index (χ3n) is 3.13. The molecule has 0 atom stereocenters. The third kappa shape index (κ3) is 5.34. The van der Waals surface area contributed by atoms with Crippen LogP contribution in [-0.4, -0.2) is 20.2 Å². The molecule has 0 saturated carbocycles. The first-order chi connectivity index (χ1) is 11.5. The Morgan fingerprint density at radius 3 is 2.35 bits per heavy atom. The van der Waals surface area contributed by atoms with Gasteiger partial charge in [0, 0.05) is 42.5 Å². The number of pyridine rings is 4. The Kier molecular flexibility index (Phi) is 8.34. The number of halogens is 2. The smallest absolute Gasteiger partial charge is 0.283 e. The summed E-state index contributed by atoms with van der Waals surface area (Å²) in [6, 6.07) is 10.6. The van der Waals surface area contributed by atoms with Crippen molar-refractivity contribution in [1.29, 1.82) is 0 Å². The topological polar surface area (TPSA) is 82.8 Å². The summed E-state index contributed by atoms with van der Waals surface area (Å²) in [6.07, 6.45) is 5.12. The van der Waals surface area contributed by atoms with E-state index in [9.17, 15) is 10.0 Å². The summed E-state index contributed by atoms with van der Waals surface area (Å²) in [5.74, 6) is 0. The molecule has 0 saturated heterocycles. The highest BCUT2D eigenvalue weighted by Gasteiger charge is 2.07. The molecule has 4 heterocycles. The molecule has 0 unspecified atom stereocenters. The molecule has 4 rings (SSSR count). The normalized spacial score (nSPS) is 9.62. The van der Waals surface area contributed by atoms with Crippen LogP contribution in [0.2, 0.25) is 0 Å². The van der Waals surface area contributed by atoms with Crippen molar-refractivity contribution in [3.8, 4) is 0 Å². The molecular formula is C18H19I2N4O2+. The number of rotatable bonds is 0. The maximum Gasteiger partial charge on any atom is 0.283 e. The summed E-state index contributed by atoms with van der Waals surface area (Å²) in [5.41, 5.74) is 3.03. The first-order valence-electron chi connectivity index (χ1n) is 6.83. The summed E-state index contributed by atoms with van der Waals surface area (Å²) in [4.78, 5) is 21.9. The molecule has 0 aliphatic rings. The molecule has 136 valence electrons. The molecule has 0 radical (unpaired) electrons. The Morgan fingerprint density at radius 1 is 0.962 bits per heavy atom. The fraction of sp³-hybridized carbons (Fsp3) is 0.111. The largest absolute Gasteiger partial charge is 0.321 e. The SMILES string of the molecule is C.C.O=c1ccc2ncc(I)cc2[nH]1.O[n+]1cccc2ncc(I)cc21. The molecule has 8 heteroatoms. The molecule has 2 N–H and O–H groups in total. The van der Waals surface area contributed by atoms with Crippen LogP contribution >= 0.6 is 45.2 Å². The van der Waals surface area contributed by atoms with Crippen molar-refractivity contribution < 1.29 is 9.94 Å². The van der Waals surface area contributed by atoms with Crippen molar-refractivity contribution in [2.45, 2.75) is 14.9 Å². The fourth-order valence-electron chi connectivity index (χ4n) is 2.06. The number of nitrogens with zero attached hydrogens (tertiary/aromatic N) is 3. The fourth-order valence-corrected chi connectivity index (χ4v) is 2.94. The van der Waals surface area contributed by atoms with E-state index in [1.807, 2.05) is 18.2 Å². The predicted molar refractivity (Wildman–Crippen MR) is 120 cm³/mol. The molecule has 0 aliphatic carbocycles. The van der Waals surface area contributed by atoms with Crippen LogP contribution in [0, 0.1) is 7.14 Å². The summed E-state index contributed by atoms with van der Waals surface area (Å²) in [7, 11) is 0. The van der Waals surface area contributed by atoms with Crippen molar-refractivity contribution >= 4 is 67.2 Å². The highest BCUT2D eigenvalue weighted by atomic mass is 127. The van der Waals surface area contributed by atoms with E-state index in [2.05, 4.69) is 60.1 Å². The van der Waals surface area contributed by atoms with Gasteiger partial charge in [0.15, 0.2) is 0 Å². The van der Waals surface area contributed by atoms with Gasteiger partial charge in [0.05, 0.1) is 11.0 Å². The predicted octanol–water partition coefficient (Wildman–Crippen LogP) is 4.16. The Labute approximate surface area is 178 Å². The number of aromatic amines is 1. The minimum Gasteiger partial charge on any atom is -0.321 e. The molecule has 0 fully saturated rings. The highest BCUT2D eigenvalue weighted by molar-refractivity contribution is 14.1. The lowest BCUT2D eigenvalue weighted by Gasteiger charge is -1.95. The second-order valence-electron chi connectivity index (χ2n) is 4.82. The lowest BCUT2D eigenvalue weighted by Crippen LogP contribution is -2.30. The number of fused-ring (bicyclic) bond motifs is 2. The number of nitrogens with one attached hydrogen (secondary N) is 1. The van der Waals surface area contributed by atoms with Crippen molar-refractivity contribution in [3.05, 3.63) is 72.5 Å². The molecule has 6 nitrogen and oxygen atoms in total. The van der Waals surface area contributed by atoms with Gasteiger partial charge in [0.1, 0.15) is 5.52 Å². The van der Waals surface area contributed by atoms with Crippen LogP contribution in [0.15, 0.2) is 59.8 Å². The van der Waals surface area contributed by atoms with E-state index in [1.165, 1.54) is 6.07 Å². The van der Waals surface area contributed by atoms with Crippen LogP contribution in [-0.2, 0) is 0 Å². The summed E-state index contributed by atoms with van der Waals surface area (Å²) in [6.45, 7) is 0. The Balaban J connectivity index is 0.000000241. The molecule has 4 aromatic rings. The van der Waals surface area contributed by atoms with Gasteiger partial charge in [-0.3, -0.25) is 15.0 Å². The number of hydrogen-bond donors (Lipinski definition) is 2. The van der Waals surface area contributed by atoms with Crippen LogP contribution in [0.25, 0.3) is 22.1 Å². The van der Waals surface area contributed by atoms with E-state index in [0.717, 1.165) is 33.9 Å². The van der Waals surface area contributed by atoms with E-state index < -0.39 is 0 Å². The van der Waals surface area contributed by atoms with Crippen LogP contribution < -0.4 is 10.3 Å². The standard InChI is InChI=1S/C8H5IN2O.C8H6IN2O.2CH4/c9-5-3-7-6(10-4-5)1-2-8(12)11-7;9-6-4-8-7(10-5-6)2-1-3-11(8)12;;/h1-4H,(H,11,12);1-5,12H;2*1H4/q;+1;;. The van der Waals surface area contributed by atoms with Crippen molar-refractivity contribution in [3.63, 3.8) is 0 Å². The summed E-state index contributed by atoms with van der Waals surface area (Å²) >= 11 is 4.31. The molecule has 0 aromatic carbocycles. The van der Waals surface area contributed by atoms with E-state index in [-0.39, 0.29) is 20.4 Å². The van der Waals surface area contributed by atoms with Crippen LogP contribution in [0.4, 0.5) is 0 Å². The number of aromatic nitrogens is 4. The first kappa shape index (κ1) is 22.2. The average Bonchev–Trinajstić information content (AvgIpc) is 2.56. The lowest BCUT2D eigenvalue weighted by molar-refractivity contribution is -0.884. The quantitative estimate of drug-likeness (QED) is 0.187. The van der Waals surface area contributed by atoms with Crippen molar-refractivity contribution in [2.75, 3.05) is 0 Å². The zero-order chi connectivity index (χ0) is 17.1. The van der Waals surface area contributed by atoms with Crippen molar-refractivity contribution in [1.82, 2.24) is 15.0 Å². The van der Waals surface area contributed by atoms with Gasteiger partial charge in [-0.2, -0.15) is 0 Å². The third-order valence-corrected chi connectivity index (χ3v) is 4.31. The second-order valence-corrected chi connectivity index (χ2v) is 7.31. The average molecular weight is 577 g/mol. The van der Waals surface area contributed by atoms with Gasteiger partial charge in [-0.15, -0.1) is 0 Å². The molecule has 0 bridgehead atoms. The van der Waals surface area contributed by atoms with Gasteiger partial charge in [0.2, 0.25) is 11.8 Å². The lowest BCUT2D eigenvalue weighted by atomic mass is 10.3. The minimum atomic E-state index is -0.0914. The molecule has 26 heavy (non-hydrogen) atoms. The molecule has 0 amide bonds. The van der Waals surface area contributed by atoms with Crippen molar-refractivity contribution in [2.24, 2.45) is 0 Å². The molecule has 0 spiro atoms. The zero-order valence-corrected chi connectivity index (χ0v) is 16.5. The van der Waals surface area contributed by atoms with Gasteiger partial charge in [-0.25, -0.2) is 4.98 Å². The van der Waals surface area contributed by atoms with Gasteiger partial charge in [-0.1, -0.05) is 14.9 Å². The van der Waals surface area contributed by atoms with Gasteiger partial charge < -0.3 is 4.98 Å². The Morgan fingerprint density at radius 2 is 1.62 bits per heavy atom. The highest BCUT2D eigenvalue weighted by Crippen LogP contribution is 2.10. The van der Waals surface area contributed by atoms with Gasteiger partial charge in [0.25, 0.3) is 5.52 Å². The van der Waals surface area contributed by atoms with E-state index >= 15 is 0 Å². The maximum absolute atomic E-state index is 10.9. The number of hydrogen-bond acceptors (Lipinski definition) is 4. The van der Waals surface area contributed by atoms with Gasteiger partial charge >= 0.3 is 0 Å². The first-order valence-corrected chi connectivity index (χ1v) is 8.98. The summed E-state index contributed by atoms with van der Waals surface area (Å²) < 4.78 is 3.10. The Bertz CT molecular complexity index is 1080. The monoisotopic (exact) mass is 577 g/mol. The van der Waals surface area contributed by atoms with E-state index in [0.29, 0.717) is 0 Å². The minimum absolute atomic E-state index is 0. The zero-order valence-electron chi connectivity index (χ0n) is 12.1. The molecular weight excluding hydrogens is 558 g/mol. The van der Waals surface area contributed by atoms with Crippen LogP contribution in [0.5, 0.6) is 0 Å². The van der Waals surface area contributed by atoms with E-state index in [1.54, 1.807) is 30.7 Å². The molecule has 4 aromatic heterocycles. The van der Waals surface area contributed by atoms with Crippen LogP contribution in [0.3, 0.4) is 0 Å². The number of H-pyrrole nitrogens is 1. The summed E-state index contributed by atoms with van der Waals surface area (Å²) in [5, 5.41) is 9.37.